The molecule has 118 valence electrons. The van der Waals surface area contributed by atoms with Gasteiger partial charge in [-0.2, -0.15) is 0 Å². The number of carbonyl (C=O) groups excluding carboxylic acids is 1. The van der Waals surface area contributed by atoms with E-state index < -0.39 is 6.10 Å². The van der Waals surface area contributed by atoms with Crippen LogP contribution >= 0.6 is 11.6 Å². The van der Waals surface area contributed by atoms with E-state index in [4.69, 9.17) is 22.8 Å². The van der Waals surface area contributed by atoms with Gasteiger partial charge in [0.1, 0.15) is 12.4 Å². The van der Waals surface area contributed by atoms with Crippen LogP contribution in [0, 0.1) is 12.3 Å². The zero-order valence-corrected chi connectivity index (χ0v) is 13.1. The van der Waals surface area contributed by atoms with Gasteiger partial charge in [0.05, 0.1) is 6.10 Å². The molecule has 1 amide bonds. The van der Waals surface area contributed by atoms with Crippen molar-refractivity contribution in [3.63, 3.8) is 0 Å². The lowest BCUT2D eigenvalue weighted by Crippen LogP contribution is -2.28. The number of terminal acetylenes is 1. The Kier molecular flexibility index (Phi) is 6.04. The first-order chi connectivity index (χ1) is 11.1. The van der Waals surface area contributed by atoms with Crippen molar-refractivity contribution in [2.75, 3.05) is 13.2 Å². The molecule has 1 unspecified atom stereocenters. The highest BCUT2D eigenvalue weighted by Crippen LogP contribution is 2.16. The van der Waals surface area contributed by atoms with Gasteiger partial charge in [-0.15, -0.1) is 6.42 Å². The van der Waals surface area contributed by atoms with E-state index in [2.05, 4.69) is 11.2 Å². The molecule has 0 saturated carbocycles. The fourth-order valence-corrected chi connectivity index (χ4v) is 2.05. The van der Waals surface area contributed by atoms with Crippen LogP contribution < -0.4 is 10.1 Å². The third-order valence-corrected chi connectivity index (χ3v) is 3.40. The molecule has 2 aromatic carbocycles. The second-order valence-electron chi connectivity index (χ2n) is 4.79. The minimum atomic E-state index is -0.797. The molecule has 0 aliphatic rings. The Labute approximate surface area is 140 Å². The number of hydrogen-bond donors (Lipinski definition) is 2. The summed E-state index contributed by atoms with van der Waals surface area (Å²) in [7, 11) is 0. The lowest BCUT2D eigenvalue weighted by molar-refractivity contribution is 0.0916. The Morgan fingerprint density at radius 1 is 1.22 bits per heavy atom. The quantitative estimate of drug-likeness (QED) is 0.801. The van der Waals surface area contributed by atoms with Crippen molar-refractivity contribution in [3.8, 4) is 18.1 Å². The van der Waals surface area contributed by atoms with Crippen LogP contribution in [0.15, 0.2) is 48.5 Å². The summed E-state index contributed by atoms with van der Waals surface area (Å²) in [6.07, 6.45) is 4.31. The first-order valence-corrected chi connectivity index (χ1v) is 7.36. The number of hydrogen-bond acceptors (Lipinski definition) is 3. The zero-order chi connectivity index (χ0) is 16.7. The van der Waals surface area contributed by atoms with Crippen LogP contribution in [0.3, 0.4) is 0 Å². The first-order valence-electron chi connectivity index (χ1n) is 6.98. The molecule has 2 aromatic rings. The zero-order valence-electron chi connectivity index (χ0n) is 12.3. The Balaban J connectivity index is 1.89. The van der Waals surface area contributed by atoms with E-state index in [-0.39, 0.29) is 19.1 Å². The van der Waals surface area contributed by atoms with Crippen LogP contribution in [-0.4, -0.2) is 24.2 Å². The minimum Gasteiger partial charge on any atom is -0.481 e. The van der Waals surface area contributed by atoms with Crippen LogP contribution in [0.25, 0.3) is 0 Å². The molecule has 0 aliphatic carbocycles. The average Bonchev–Trinajstić information content (AvgIpc) is 2.58. The molecule has 2 rings (SSSR count). The maximum atomic E-state index is 12.0. The predicted molar refractivity (Wildman–Crippen MR) is 89.5 cm³/mol. The summed E-state index contributed by atoms with van der Waals surface area (Å²) in [5, 5.41) is 13.3. The number of aliphatic hydroxyl groups excluding tert-OH is 1. The molecule has 4 nitrogen and oxygen atoms in total. The van der Waals surface area contributed by atoms with Crippen LogP contribution in [0.5, 0.6) is 5.75 Å². The molecule has 0 fully saturated rings. The van der Waals surface area contributed by atoms with Crippen molar-refractivity contribution in [3.05, 3.63) is 64.7 Å². The number of aliphatic hydroxyl groups is 1. The van der Waals surface area contributed by atoms with E-state index >= 15 is 0 Å². The fourth-order valence-electron chi connectivity index (χ4n) is 1.92. The summed E-state index contributed by atoms with van der Waals surface area (Å²) < 4.78 is 5.24. The second kappa shape index (κ2) is 8.23. The monoisotopic (exact) mass is 329 g/mol. The Bertz CT molecular complexity index is 690. The molecule has 2 N–H and O–H groups in total. The van der Waals surface area contributed by atoms with E-state index in [1.807, 2.05) is 0 Å². The number of amides is 1. The lowest BCUT2D eigenvalue weighted by atomic mass is 10.1. The van der Waals surface area contributed by atoms with Crippen LogP contribution in [0.2, 0.25) is 5.02 Å². The summed E-state index contributed by atoms with van der Waals surface area (Å²) in [4.78, 5) is 12.0. The van der Waals surface area contributed by atoms with Gasteiger partial charge >= 0.3 is 0 Å². The van der Waals surface area contributed by atoms with Crippen LogP contribution in [0.4, 0.5) is 0 Å². The van der Waals surface area contributed by atoms with Gasteiger partial charge in [0.15, 0.2) is 0 Å². The van der Waals surface area contributed by atoms with Crippen molar-refractivity contribution >= 4 is 17.5 Å². The topological polar surface area (TPSA) is 58.6 Å². The molecule has 0 aromatic heterocycles. The maximum Gasteiger partial charge on any atom is 0.251 e. The van der Waals surface area contributed by atoms with Crippen molar-refractivity contribution < 1.29 is 14.6 Å². The van der Waals surface area contributed by atoms with Gasteiger partial charge in [-0.05, 0) is 42.0 Å². The van der Waals surface area contributed by atoms with Gasteiger partial charge in [-0.3, -0.25) is 4.79 Å². The van der Waals surface area contributed by atoms with Crippen molar-refractivity contribution in [2.24, 2.45) is 0 Å². The molecule has 0 heterocycles. The van der Waals surface area contributed by atoms with Gasteiger partial charge in [0.2, 0.25) is 0 Å². The van der Waals surface area contributed by atoms with E-state index in [0.29, 0.717) is 21.9 Å². The van der Waals surface area contributed by atoms with E-state index in [1.165, 1.54) is 0 Å². The number of nitrogens with one attached hydrogen (secondary N) is 1. The normalized spacial score (nSPS) is 11.3. The molecule has 23 heavy (non-hydrogen) atoms. The molecule has 0 aliphatic heterocycles. The predicted octanol–water partition coefficient (Wildman–Crippen LogP) is 2.82. The number of carbonyl (C=O) groups is 1. The van der Waals surface area contributed by atoms with Gasteiger partial charge in [-0.25, -0.2) is 0 Å². The number of benzene rings is 2. The van der Waals surface area contributed by atoms with Gasteiger partial charge in [0, 0.05) is 17.1 Å². The number of rotatable bonds is 6. The van der Waals surface area contributed by atoms with Gasteiger partial charge in [-0.1, -0.05) is 29.7 Å². The molecule has 0 saturated heterocycles. The summed E-state index contributed by atoms with van der Waals surface area (Å²) in [6, 6.07) is 13.4. The maximum absolute atomic E-state index is 12.0. The smallest absolute Gasteiger partial charge is 0.251 e. The Hall–Kier alpha value is -2.48. The van der Waals surface area contributed by atoms with Crippen molar-refractivity contribution in [2.45, 2.75) is 6.10 Å². The minimum absolute atomic E-state index is 0.107. The first kappa shape index (κ1) is 16.9. The summed E-state index contributed by atoms with van der Waals surface area (Å²) in [5.74, 6) is 2.69. The molecule has 0 bridgehead atoms. The van der Waals surface area contributed by atoms with Gasteiger partial charge < -0.3 is 15.2 Å². The fraction of sp³-hybridized carbons (Fsp3) is 0.167. The molecular formula is C18H16ClNO3. The third-order valence-electron chi connectivity index (χ3n) is 3.15. The average molecular weight is 330 g/mol. The molecule has 0 radical (unpaired) electrons. The summed E-state index contributed by atoms with van der Waals surface area (Å²) >= 11 is 5.80. The molecule has 5 heteroatoms. The number of halogens is 1. The molecule has 0 spiro atoms. The van der Waals surface area contributed by atoms with Crippen LogP contribution in [-0.2, 0) is 0 Å². The summed E-state index contributed by atoms with van der Waals surface area (Å²) in [5.41, 5.74) is 1.16. The summed E-state index contributed by atoms with van der Waals surface area (Å²) in [6.45, 7) is 0.286. The van der Waals surface area contributed by atoms with Crippen molar-refractivity contribution in [1.82, 2.24) is 5.32 Å². The van der Waals surface area contributed by atoms with E-state index in [0.717, 1.165) is 0 Å². The molecular weight excluding hydrogens is 314 g/mol. The largest absolute Gasteiger partial charge is 0.481 e. The lowest BCUT2D eigenvalue weighted by Gasteiger charge is -2.12. The Morgan fingerprint density at radius 3 is 2.48 bits per heavy atom. The van der Waals surface area contributed by atoms with Gasteiger partial charge in [0.25, 0.3) is 5.91 Å². The van der Waals surface area contributed by atoms with E-state index in [9.17, 15) is 9.90 Å². The Morgan fingerprint density at radius 2 is 1.87 bits per heavy atom. The SMILES string of the molecule is C#CCOc1ccc(C(=O)NCC(O)c2ccc(Cl)cc2)cc1. The standard InChI is InChI=1S/C18H16ClNO3/c1-2-11-23-16-9-5-14(6-10-16)18(22)20-12-17(21)13-3-7-15(19)8-4-13/h1,3-10,17,21H,11-12H2,(H,20,22). The van der Waals surface area contributed by atoms with Crippen molar-refractivity contribution in [1.29, 1.82) is 0 Å². The molecule has 1 atom stereocenters. The highest BCUT2D eigenvalue weighted by Gasteiger charge is 2.11. The third kappa shape index (κ3) is 5.03. The highest BCUT2D eigenvalue weighted by molar-refractivity contribution is 6.30. The second-order valence-corrected chi connectivity index (χ2v) is 5.23. The van der Waals surface area contributed by atoms with E-state index in [1.54, 1.807) is 48.5 Å². The number of ether oxygens (including phenoxy) is 1. The van der Waals surface area contributed by atoms with Crippen LogP contribution in [0.1, 0.15) is 22.0 Å². The highest BCUT2D eigenvalue weighted by atomic mass is 35.5.